The molecule has 0 saturated heterocycles. The van der Waals surface area contributed by atoms with Crippen LogP contribution in [0.15, 0.2) is 24.3 Å². The molecule has 3 nitrogen and oxygen atoms in total. The molecule has 1 aliphatic carbocycles. The van der Waals surface area contributed by atoms with Gasteiger partial charge in [0.25, 0.3) is 0 Å². The topological polar surface area (TPSA) is 58.3 Å². The average molecular weight is 248 g/mol. The molecule has 18 heavy (non-hydrogen) atoms. The number of phenolic OH excluding ortho intramolecular Hbond substituents is 1. The van der Waals surface area contributed by atoms with Gasteiger partial charge in [-0.2, -0.15) is 0 Å². The van der Waals surface area contributed by atoms with E-state index in [1.165, 1.54) is 31.2 Å². The molecule has 0 bridgehead atoms. The summed E-state index contributed by atoms with van der Waals surface area (Å²) >= 11 is 0. The Bertz CT molecular complexity index is 350. The summed E-state index contributed by atoms with van der Waals surface area (Å²) in [5.41, 5.74) is 7.09. The van der Waals surface area contributed by atoms with Crippen LogP contribution >= 0.6 is 0 Å². The molecule has 0 aliphatic heterocycles. The Labute approximate surface area is 109 Å². The maximum atomic E-state index is 9.22. The van der Waals surface area contributed by atoms with Crippen LogP contribution in [-0.2, 0) is 6.42 Å². The molecule has 0 spiro atoms. The Balaban J connectivity index is 1.75. The molecule has 2 atom stereocenters. The van der Waals surface area contributed by atoms with E-state index in [9.17, 15) is 5.11 Å². The summed E-state index contributed by atoms with van der Waals surface area (Å²) in [6.45, 7) is 1.79. The molecule has 0 heterocycles. The number of nitrogens with one attached hydrogen (secondary N) is 1. The Morgan fingerprint density at radius 3 is 2.61 bits per heavy atom. The van der Waals surface area contributed by atoms with Gasteiger partial charge < -0.3 is 16.2 Å². The molecule has 3 heteroatoms. The highest BCUT2D eigenvalue weighted by molar-refractivity contribution is 5.25. The summed E-state index contributed by atoms with van der Waals surface area (Å²) in [5, 5.41) is 12.9. The predicted molar refractivity (Wildman–Crippen MR) is 74.6 cm³/mol. The largest absolute Gasteiger partial charge is 0.508 e. The standard InChI is InChI=1S/C15H24N2O/c16-11-13-3-1-2-4-15(13)17-10-9-12-5-7-14(18)8-6-12/h5-8,13,15,17-18H,1-4,9-11,16H2. The van der Waals surface area contributed by atoms with Crippen LogP contribution in [0.1, 0.15) is 31.2 Å². The van der Waals surface area contributed by atoms with Gasteiger partial charge in [0.15, 0.2) is 0 Å². The number of hydrogen-bond donors (Lipinski definition) is 3. The average Bonchev–Trinajstić information content (AvgIpc) is 2.41. The summed E-state index contributed by atoms with van der Waals surface area (Å²) < 4.78 is 0. The van der Waals surface area contributed by atoms with E-state index in [4.69, 9.17) is 5.73 Å². The van der Waals surface area contributed by atoms with Crippen molar-refractivity contribution in [3.8, 4) is 5.75 Å². The van der Waals surface area contributed by atoms with E-state index in [1.807, 2.05) is 12.1 Å². The summed E-state index contributed by atoms with van der Waals surface area (Å²) in [6, 6.07) is 8.06. The van der Waals surface area contributed by atoms with Gasteiger partial charge in [-0.25, -0.2) is 0 Å². The fourth-order valence-electron chi connectivity index (χ4n) is 2.82. The van der Waals surface area contributed by atoms with Crippen molar-refractivity contribution in [1.82, 2.24) is 5.32 Å². The minimum atomic E-state index is 0.335. The highest BCUT2D eigenvalue weighted by Gasteiger charge is 2.22. The summed E-state index contributed by atoms with van der Waals surface area (Å²) in [5.74, 6) is 0.987. The highest BCUT2D eigenvalue weighted by Crippen LogP contribution is 2.23. The molecular weight excluding hydrogens is 224 g/mol. The molecule has 100 valence electrons. The summed E-state index contributed by atoms with van der Waals surface area (Å²) in [6.07, 6.45) is 6.20. The predicted octanol–water partition coefficient (Wildman–Crippen LogP) is 2.04. The van der Waals surface area contributed by atoms with Crippen molar-refractivity contribution in [3.63, 3.8) is 0 Å². The molecule has 0 radical (unpaired) electrons. The van der Waals surface area contributed by atoms with Crippen LogP contribution in [0, 0.1) is 5.92 Å². The normalized spacial score (nSPS) is 24.1. The lowest BCUT2D eigenvalue weighted by Crippen LogP contribution is -2.42. The Morgan fingerprint density at radius 2 is 1.89 bits per heavy atom. The van der Waals surface area contributed by atoms with Crippen molar-refractivity contribution >= 4 is 0 Å². The molecule has 0 aromatic heterocycles. The number of nitrogens with two attached hydrogens (primary N) is 1. The van der Waals surface area contributed by atoms with Crippen molar-refractivity contribution < 1.29 is 5.11 Å². The molecule has 1 fully saturated rings. The molecule has 1 aromatic carbocycles. The zero-order chi connectivity index (χ0) is 12.8. The zero-order valence-electron chi connectivity index (χ0n) is 10.9. The van der Waals surface area contributed by atoms with Gasteiger partial charge >= 0.3 is 0 Å². The second kappa shape index (κ2) is 6.76. The minimum Gasteiger partial charge on any atom is -0.508 e. The molecule has 1 saturated carbocycles. The van der Waals surface area contributed by atoms with Crippen LogP contribution in [-0.4, -0.2) is 24.2 Å². The fourth-order valence-corrected chi connectivity index (χ4v) is 2.82. The van der Waals surface area contributed by atoms with Gasteiger partial charge in [0.2, 0.25) is 0 Å². The lowest BCUT2D eigenvalue weighted by molar-refractivity contribution is 0.269. The third-order valence-corrected chi connectivity index (χ3v) is 3.97. The van der Waals surface area contributed by atoms with Crippen LogP contribution in [0.3, 0.4) is 0 Å². The SMILES string of the molecule is NCC1CCCCC1NCCc1ccc(O)cc1. The maximum absolute atomic E-state index is 9.22. The van der Waals surface area contributed by atoms with Gasteiger partial charge in [0.1, 0.15) is 5.75 Å². The van der Waals surface area contributed by atoms with Crippen LogP contribution < -0.4 is 11.1 Å². The van der Waals surface area contributed by atoms with Crippen LogP contribution in [0.5, 0.6) is 5.75 Å². The zero-order valence-corrected chi connectivity index (χ0v) is 10.9. The molecule has 2 rings (SSSR count). The van der Waals surface area contributed by atoms with Gasteiger partial charge in [0, 0.05) is 6.04 Å². The first-order valence-corrected chi connectivity index (χ1v) is 7.01. The molecular formula is C15H24N2O. The van der Waals surface area contributed by atoms with E-state index in [2.05, 4.69) is 5.32 Å². The van der Waals surface area contributed by atoms with Crippen LogP contribution in [0.25, 0.3) is 0 Å². The second-order valence-corrected chi connectivity index (χ2v) is 5.26. The molecule has 2 unspecified atom stereocenters. The van der Waals surface area contributed by atoms with E-state index in [-0.39, 0.29) is 0 Å². The molecule has 1 aromatic rings. The van der Waals surface area contributed by atoms with Crippen LogP contribution in [0.4, 0.5) is 0 Å². The second-order valence-electron chi connectivity index (χ2n) is 5.26. The number of aromatic hydroxyl groups is 1. The third kappa shape index (κ3) is 3.72. The Hall–Kier alpha value is -1.06. The van der Waals surface area contributed by atoms with Crippen molar-refractivity contribution in [2.75, 3.05) is 13.1 Å². The Kier molecular flexibility index (Phi) is 5.02. The lowest BCUT2D eigenvalue weighted by atomic mass is 9.84. The summed E-state index contributed by atoms with van der Waals surface area (Å²) in [7, 11) is 0. The van der Waals surface area contributed by atoms with Gasteiger partial charge in [-0.1, -0.05) is 25.0 Å². The van der Waals surface area contributed by atoms with Gasteiger partial charge in [-0.3, -0.25) is 0 Å². The molecule has 4 N–H and O–H groups in total. The first-order chi connectivity index (χ1) is 8.79. The highest BCUT2D eigenvalue weighted by atomic mass is 16.3. The number of rotatable bonds is 5. The minimum absolute atomic E-state index is 0.335. The van der Waals surface area contributed by atoms with Crippen molar-refractivity contribution in [1.29, 1.82) is 0 Å². The van der Waals surface area contributed by atoms with Crippen molar-refractivity contribution in [2.45, 2.75) is 38.1 Å². The fraction of sp³-hybridized carbons (Fsp3) is 0.600. The smallest absolute Gasteiger partial charge is 0.115 e. The van der Waals surface area contributed by atoms with Crippen LogP contribution in [0.2, 0.25) is 0 Å². The van der Waals surface area contributed by atoms with Crippen molar-refractivity contribution in [2.24, 2.45) is 11.7 Å². The monoisotopic (exact) mass is 248 g/mol. The van der Waals surface area contributed by atoms with E-state index in [0.717, 1.165) is 19.5 Å². The van der Waals surface area contributed by atoms with Gasteiger partial charge in [-0.15, -0.1) is 0 Å². The van der Waals surface area contributed by atoms with E-state index < -0.39 is 0 Å². The van der Waals surface area contributed by atoms with Crippen molar-refractivity contribution in [3.05, 3.63) is 29.8 Å². The first-order valence-electron chi connectivity index (χ1n) is 7.01. The maximum Gasteiger partial charge on any atom is 0.115 e. The molecule has 0 amide bonds. The number of benzene rings is 1. The quantitative estimate of drug-likeness (QED) is 0.747. The van der Waals surface area contributed by atoms with Gasteiger partial charge in [-0.05, 0) is 56.0 Å². The summed E-state index contributed by atoms with van der Waals surface area (Å²) in [4.78, 5) is 0. The van der Waals surface area contributed by atoms with E-state index >= 15 is 0 Å². The third-order valence-electron chi connectivity index (χ3n) is 3.97. The van der Waals surface area contributed by atoms with Gasteiger partial charge in [0.05, 0.1) is 0 Å². The van der Waals surface area contributed by atoms with E-state index in [0.29, 0.717) is 17.7 Å². The Morgan fingerprint density at radius 1 is 1.17 bits per heavy atom. The number of hydrogen-bond acceptors (Lipinski definition) is 3. The lowest BCUT2D eigenvalue weighted by Gasteiger charge is -2.31. The molecule has 1 aliphatic rings. The first kappa shape index (κ1) is 13.4. The van der Waals surface area contributed by atoms with E-state index in [1.54, 1.807) is 12.1 Å². The number of phenols is 1.